The van der Waals surface area contributed by atoms with Gasteiger partial charge in [0, 0.05) is 47.9 Å². The van der Waals surface area contributed by atoms with E-state index in [9.17, 15) is 9.59 Å². The van der Waals surface area contributed by atoms with Crippen LogP contribution in [-0.4, -0.2) is 47.4 Å². The van der Waals surface area contributed by atoms with Gasteiger partial charge in [-0.05, 0) is 43.9 Å². The molecule has 0 radical (unpaired) electrons. The van der Waals surface area contributed by atoms with Gasteiger partial charge in [-0.15, -0.1) is 0 Å². The van der Waals surface area contributed by atoms with Gasteiger partial charge in [-0.25, -0.2) is 4.98 Å². The molecule has 2 fully saturated rings. The lowest BCUT2D eigenvalue weighted by Crippen LogP contribution is -2.50. The summed E-state index contributed by atoms with van der Waals surface area (Å²) in [7, 11) is 0. The molecule has 1 N–H and O–H groups in total. The largest absolute Gasteiger partial charge is 0.349 e. The molecular formula is C35H38N4O2. The van der Waals surface area contributed by atoms with Crippen LogP contribution in [0.4, 0.5) is 5.69 Å². The van der Waals surface area contributed by atoms with E-state index in [1.54, 1.807) is 0 Å². The maximum Gasteiger partial charge on any atom is 0.252 e. The highest BCUT2D eigenvalue weighted by molar-refractivity contribution is 6.09. The molecule has 0 unspecified atom stereocenters. The summed E-state index contributed by atoms with van der Waals surface area (Å²) in [5, 5.41) is 4.24. The number of aromatic nitrogens is 1. The van der Waals surface area contributed by atoms with Crippen LogP contribution in [0.3, 0.4) is 0 Å². The number of benzene rings is 3. The molecule has 1 atom stereocenters. The molecule has 0 bridgehead atoms. The minimum atomic E-state index is -0.0527. The monoisotopic (exact) mass is 546 g/mol. The fourth-order valence-corrected chi connectivity index (χ4v) is 6.49. The topological polar surface area (TPSA) is 65.5 Å². The zero-order valence-electron chi connectivity index (χ0n) is 23.8. The Labute approximate surface area is 242 Å². The van der Waals surface area contributed by atoms with Gasteiger partial charge in [0.2, 0.25) is 5.91 Å². The van der Waals surface area contributed by atoms with Gasteiger partial charge in [-0.3, -0.25) is 14.5 Å². The summed E-state index contributed by atoms with van der Waals surface area (Å²) in [6, 6.07) is 27.9. The number of fused-ring (bicyclic) bond motifs is 1. The highest BCUT2D eigenvalue weighted by Gasteiger charge is 2.30. The van der Waals surface area contributed by atoms with Crippen LogP contribution in [0.25, 0.3) is 22.2 Å². The summed E-state index contributed by atoms with van der Waals surface area (Å²) in [6.45, 7) is 4.22. The Balaban J connectivity index is 1.38. The third-order valence-corrected chi connectivity index (χ3v) is 8.73. The van der Waals surface area contributed by atoms with Gasteiger partial charge in [0.1, 0.15) is 0 Å². The van der Waals surface area contributed by atoms with Crippen molar-refractivity contribution in [1.29, 1.82) is 0 Å². The lowest BCUT2D eigenvalue weighted by molar-refractivity contribution is -0.121. The maximum absolute atomic E-state index is 14.2. The van der Waals surface area contributed by atoms with Crippen molar-refractivity contribution in [2.45, 2.75) is 51.6 Å². The van der Waals surface area contributed by atoms with Crippen LogP contribution in [0.5, 0.6) is 0 Å². The molecule has 0 spiro atoms. The second kappa shape index (κ2) is 12.2. The molecule has 2 aliphatic rings. The molecule has 1 aliphatic carbocycles. The SMILES string of the molecule is C[C@H](NC(=O)c1c(CN2CCN(c3ccccc3)C(=O)C2)c(-c2ccccc2)nc2ccccc12)C1CCCCC1. The van der Waals surface area contributed by atoms with Crippen molar-refractivity contribution in [3.8, 4) is 11.3 Å². The molecular weight excluding hydrogens is 508 g/mol. The number of rotatable bonds is 7. The number of piperazine rings is 1. The number of para-hydroxylation sites is 2. The molecule has 1 saturated heterocycles. The number of nitrogens with zero attached hydrogens (tertiary/aromatic N) is 3. The number of amides is 2. The molecule has 4 aromatic rings. The Morgan fingerprint density at radius 1 is 0.902 bits per heavy atom. The highest BCUT2D eigenvalue weighted by atomic mass is 16.2. The van der Waals surface area contributed by atoms with Crippen LogP contribution in [0.1, 0.15) is 54.9 Å². The van der Waals surface area contributed by atoms with E-state index in [0.29, 0.717) is 31.1 Å². The first-order chi connectivity index (χ1) is 20.1. The van der Waals surface area contributed by atoms with Gasteiger partial charge in [-0.2, -0.15) is 0 Å². The summed E-state index contributed by atoms with van der Waals surface area (Å²) in [5.41, 5.74) is 5.05. The first-order valence-electron chi connectivity index (χ1n) is 14.9. The summed E-state index contributed by atoms with van der Waals surface area (Å²) in [6.07, 6.45) is 6.07. The van der Waals surface area contributed by atoms with Crippen molar-refractivity contribution in [2.24, 2.45) is 5.92 Å². The normalized spacial score (nSPS) is 17.5. The van der Waals surface area contributed by atoms with Crippen molar-refractivity contribution in [2.75, 3.05) is 24.5 Å². The van der Waals surface area contributed by atoms with Crippen LogP contribution in [0.15, 0.2) is 84.9 Å². The van der Waals surface area contributed by atoms with Crippen molar-refractivity contribution in [3.05, 3.63) is 96.1 Å². The van der Waals surface area contributed by atoms with Crippen LogP contribution in [0, 0.1) is 5.92 Å². The third kappa shape index (κ3) is 5.89. The summed E-state index contributed by atoms with van der Waals surface area (Å²) >= 11 is 0. The molecule has 1 saturated carbocycles. The zero-order chi connectivity index (χ0) is 28.2. The van der Waals surface area contributed by atoms with E-state index >= 15 is 0 Å². The Kier molecular flexibility index (Phi) is 8.10. The smallest absolute Gasteiger partial charge is 0.252 e. The van der Waals surface area contributed by atoms with E-state index in [1.165, 1.54) is 19.3 Å². The number of hydrogen-bond donors (Lipinski definition) is 1. The average Bonchev–Trinajstić information content (AvgIpc) is 3.02. The fraction of sp³-hybridized carbons (Fsp3) is 0.343. The molecule has 1 aliphatic heterocycles. The van der Waals surface area contributed by atoms with Crippen molar-refractivity contribution in [1.82, 2.24) is 15.2 Å². The number of anilines is 1. The Bertz CT molecular complexity index is 1520. The minimum Gasteiger partial charge on any atom is -0.349 e. The Morgan fingerprint density at radius 2 is 1.59 bits per heavy atom. The minimum absolute atomic E-state index is 0.0527. The molecule has 210 valence electrons. The summed E-state index contributed by atoms with van der Waals surface area (Å²) in [5.74, 6) is 0.513. The fourth-order valence-electron chi connectivity index (χ4n) is 6.49. The first kappa shape index (κ1) is 27.2. The molecule has 2 heterocycles. The Morgan fingerprint density at radius 3 is 2.32 bits per heavy atom. The number of pyridine rings is 1. The molecule has 6 heteroatoms. The van der Waals surface area contributed by atoms with E-state index in [1.807, 2.05) is 89.8 Å². The second-order valence-electron chi connectivity index (χ2n) is 11.4. The van der Waals surface area contributed by atoms with E-state index in [0.717, 1.165) is 46.3 Å². The van der Waals surface area contributed by atoms with E-state index < -0.39 is 0 Å². The molecule has 3 aromatic carbocycles. The third-order valence-electron chi connectivity index (χ3n) is 8.73. The predicted molar refractivity (Wildman–Crippen MR) is 165 cm³/mol. The Hall–Kier alpha value is -4.03. The lowest BCUT2D eigenvalue weighted by Gasteiger charge is -2.35. The predicted octanol–water partition coefficient (Wildman–Crippen LogP) is 6.45. The van der Waals surface area contributed by atoms with Gasteiger partial charge < -0.3 is 10.2 Å². The summed E-state index contributed by atoms with van der Waals surface area (Å²) < 4.78 is 0. The zero-order valence-corrected chi connectivity index (χ0v) is 23.8. The van der Waals surface area contributed by atoms with Crippen molar-refractivity contribution in [3.63, 3.8) is 0 Å². The van der Waals surface area contributed by atoms with Crippen LogP contribution < -0.4 is 10.2 Å². The molecule has 1 aromatic heterocycles. The quantitative estimate of drug-likeness (QED) is 0.289. The molecule has 2 amide bonds. The maximum atomic E-state index is 14.2. The summed E-state index contributed by atoms with van der Waals surface area (Å²) in [4.78, 5) is 36.6. The van der Waals surface area contributed by atoms with Crippen LogP contribution in [-0.2, 0) is 11.3 Å². The van der Waals surface area contributed by atoms with Gasteiger partial charge in [0.05, 0.1) is 23.3 Å². The van der Waals surface area contributed by atoms with Crippen LogP contribution in [0.2, 0.25) is 0 Å². The average molecular weight is 547 g/mol. The lowest BCUT2D eigenvalue weighted by atomic mass is 9.84. The first-order valence-corrected chi connectivity index (χ1v) is 14.9. The van der Waals surface area contributed by atoms with Gasteiger partial charge in [0.15, 0.2) is 0 Å². The van der Waals surface area contributed by atoms with Crippen molar-refractivity contribution < 1.29 is 9.59 Å². The molecule has 6 rings (SSSR count). The second-order valence-corrected chi connectivity index (χ2v) is 11.4. The highest BCUT2D eigenvalue weighted by Crippen LogP contribution is 2.33. The van der Waals surface area contributed by atoms with E-state index in [-0.39, 0.29) is 24.4 Å². The van der Waals surface area contributed by atoms with Gasteiger partial charge in [0.25, 0.3) is 5.91 Å². The van der Waals surface area contributed by atoms with E-state index in [2.05, 4.69) is 17.1 Å². The number of carbonyl (C=O) groups is 2. The molecule has 6 nitrogen and oxygen atoms in total. The standard InChI is InChI=1S/C35H38N4O2/c1-25(26-13-5-2-6-14-26)36-35(41)33-29-19-11-12-20-31(29)37-34(27-15-7-3-8-16-27)30(33)23-38-21-22-39(32(40)24-38)28-17-9-4-10-18-28/h3-4,7-12,15-20,25-26H,2,5-6,13-14,21-24H2,1H3,(H,36,41)/t25-/m0/s1. The number of carbonyl (C=O) groups excluding carboxylic acids is 2. The van der Waals surface area contributed by atoms with Gasteiger partial charge in [-0.1, -0.05) is 86.0 Å². The van der Waals surface area contributed by atoms with E-state index in [4.69, 9.17) is 4.98 Å². The number of nitrogens with one attached hydrogen (secondary N) is 1. The number of hydrogen-bond acceptors (Lipinski definition) is 4. The van der Waals surface area contributed by atoms with Crippen LogP contribution >= 0.6 is 0 Å². The van der Waals surface area contributed by atoms with Gasteiger partial charge >= 0.3 is 0 Å². The van der Waals surface area contributed by atoms with Crippen molar-refractivity contribution >= 4 is 28.4 Å². The molecule has 41 heavy (non-hydrogen) atoms.